The van der Waals surface area contributed by atoms with Crippen molar-refractivity contribution in [1.82, 2.24) is 9.97 Å². The van der Waals surface area contributed by atoms with Crippen LogP contribution in [0.4, 0.5) is 0 Å². The van der Waals surface area contributed by atoms with Gasteiger partial charge in [-0.25, -0.2) is 4.98 Å². The van der Waals surface area contributed by atoms with Gasteiger partial charge in [-0.2, -0.15) is 0 Å². The number of halogens is 1. The van der Waals surface area contributed by atoms with Gasteiger partial charge in [0.1, 0.15) is 4.60 Å². The van der Waals surface area contributed by atoms with Crippen LogP contribution in [0, 0.1) is 13.8 Å². The lowest BCUT2D eigenvalue weighted by Crippen LogP contribution is -1.94. The van der Waals surface area contributed by atoms with Crippen LogP contribution in [0.5, 0.6) is 0 Å². The lowest BCUT2D eigenvalue weighted by atomic mass is 10.0. The van der Waals surface area contributed by atoms with E-state index in [1.54, 1.807) is 0 Å². The maximum Gasteiger partial charge on any atom is 0.114 e. The average Bonchev–Trinajstić information content (AvgIpc) is 2.53. The summed E-state index contributed by atoms with van der Waals surface area (Å²) >= 11 is 3.59. The number of hydrogen-bond donors (Lipinski definition) is 0. The molecule has 0 unspecified atom stereocenters. The molecule has 3 rings (SSSR count). The van der Waals surface area contributed by atoms with E-state index in [1.165, 1.54) is 11.1 Å². The highest BCUT2D eigenvalue weighted by atomic mass is 79.9. The lowest BCUT2D eigenvalue weighted by Gasteiger charge is -2.10. The Hall–Kier alpha value is -1.74. The maximum absolute atomic E-state index is 4.67. The van der Waals surface area contributed by atoms with Crippen LogP contribution in [-0.4, -0.2) is 9.97 Å². The molecule has 0 saturated heterocycles. The molecule has 2 nitrogen and oxygen atoms in total. The highest BCUT2D eigenvalue weighted by molar-refractivity contribution is 9.10. The van der Waals surface area contributed by atoms with Crippen LogP contribution < -0.4 is 0 Å². The van der Waals surface area contributed by atoms with Crippen molar-refractivity contribution in [3.63, 3.8) is 0 Å². The van der Waals surface area contributed by atoms with Gasteiger partial charge in [0.05, 0.1) is 5.69 Å². The van der Waals surface area contributed by atoms with Crippen LogP contribution in [0.15, 0.2) is 41.1 Å². The predicted molar refractivity (Wildman–Crippen MR) is 96.1 cm³/mol. The fourth-order valence-electron chi connectivity index (χ4n) is 2.74. The molecule has 0 aliphatic rings. The van der Waals surface area contributed by atoms with E-state index in [-0.39, 0.29) is 0 Å². The second-order valence-corrected chi connectivity index (χ2v) is 6.43. The molecule has 0 saturated carbocycles. The van der Waals surface area contributed by atoms with Gasteiger partial charge in [0, 0.05) is 28.2 Å². The van der Waals surface area contributed by atoms with Crippen molar-refractivity contribution >= 4 is 26.7 Å². The van der Waals surface area contributed by atoms with Gasteiger partial charge in [-0.15, -0.1) is 0 Å². The Labute approximate surface area is 139 Å². The molecule has 2 aromatic heterocycles. The second-order valence-electron chi connectivity index (χ2n) is 5.68. The van der Waals surface area contributed by atoms with Crippen LogP contribution in [0.2, 0.25) is 0 Å². The normalized spacial score (nSPS) is 11.1. The molecule has 0 amide bonds. The smallest absolute Gasteiger partial charge is 0.114 e. The fraction of sp³-hybridized carbons (Fsp3) is 0.263. The van der Waals surface area contributed by atoms with Crippen molar-refractivity contribution in [3.8, 4) is 11.3 Å². The number of hydrogen-bond acceptors (Lipinski definition) is 2. The van der Waals surface area contributed by atoms with Crippen molar-refractivity contribution in [2.45, 2.75) is 33.6 Å². The Kier molecular flexibility index (Phi) is 4.25. The molecule has 3 heteroatoms. The molecule has 0 N–H and O–H groups in total. The molecule has 112 valence electrons. The van der Waals surface area contributed by atoms with E-state index in [4.69, 9.17) is 0 Å². The topological polar surface area (TPSA) is 25.8 Å². The molecular weight excluding hydrogens is 336 g/mol. The van der Waals surface area contributed by atoms with Gasteiger partial charge in [0.25, 0.3) is 0 Å². The van der Waals surface area contributed by atoms with E-state index in [0.29, 0.717) is 0 Å². The van der Waals surface area contributed by atoms with E-state index in [1.807, 2.05) is 13.1 Å². The molecule has 22 heavy (non-hydrogen) atoms. The van der Waals surface area contributed by atoms with Crippen molar-refractivity contribution in [2.24, 2.45) is 0 Å². The standard InChI is InChI=1S/C19H19BrN2/c1-4-6-14-7-5-8-15(9-14)18-10-16-17(11-21-18)12(2)13(3)22-19(16)20/h5,7-11H,4,6H2,1-3H3. The minimum absolute atomic E-state index is 0.888. The molecule has 3 aromatic rings. The molecule has 0 fully saturated rings. The van der Waals surface area contributed by atoms with Crippen LogP contribution >= 0.6 is 15.9 Å². The lowest BCUT2D eigenvalue weighted by molar-refractivity contribution is 0.922. The van der Waals surface area contributed by atoms with Gasteiger partial charge in [-0.1, -0.05) is 31.5 Å². The van der Waals surface area contributed by atoms with E-state index < -0.39 is 0 Å². The van der Waals surface area contributed by atoms with E-state index in [9.17, 15) is 0 Å². The minimum Gasteiger partial charge on any atom is -0.256 e. The number of benzene rings is 1. The van der Waals surface area contributed by atoms with Crippen molar-refractivity contribution in [2.75, 3.05) is 0 Å². The summed E-state index contributed by atoms with van der Waals surface area (Å²) in [6, 6.07) is 10.8. The predicted octanol–water partition coefficient (Wildman–Crippen LogP) is 5.63. The summed E-state index contributed by atoms with van der Waals surface area (Å²) in [4.78, 5) is 9.24. The quantitative estimate of drug-likeness (QED) is 0.569. The summed E-state index contributed by atoms with van der Waals surface area (Å²) < 4.78 is 0.888. The maximum atomic E-state index is 4.67. The third-order valence-corrected chi connectivity index (χ3v) is 4.70. The SMILES string of the molecule is CCCc1cccc(-c2cc3c(Br)nc(C)c(C)c3cn2)c1. The monoisotopic (exact) mass is 354 g/mol. The zero-order chi connectivity index (χ0) is 15.7. The van der Waals surface area contributed by atoms with E-state index in [2.05, 4.69) is 70.1 Å². The van der Waals surface area contributed by atoms with Crippen molar-refractivity contribution in [1.29, 1.82) is 0 Å². The molecular formula is C19H19BrN2. The average molecular weight is 355 g/mol. The van der Waals surface area contributed by atoms with Gasteiger partial charge in [0.15, 0.2) is 0 Å². The van der Waals surface area contributed by atoms with Crippen LogP contribution in [-0.2, 0) is 6.42 Å². The van der Waals surface area contributed by atoms with Gasteiger partial charge in [-0.05, 0) is 59.5 Å². The molecule has 0 atom stereocenters. The highest BCUT2D eigenvalue weighted by Gasteiger charge is 2.09. The molecule has 0 bridgehead atoms. The first-order valence-corrected chi connectivity index (χ1v) is 8.41. The van der Waals surface area contributed by atoms with Crippen molar-refractivity contribution < 1.29 is 0 Å². The molecule has 0 aliphatic heterocycles. The Morgan fingerprint density at radius 1 is 1.09 bits per heavy atom. The summed E-state index contributed by atoms with van der Waals surface area (Å²) in [7, 11) is 0. The highest BCUT2D eigenvalue weighted by Crippen LogP contribution is 2.30. The van der Waals surface area contributed by atoms with Gasteiger partial charge in [-0.3, -0.25) is 4.98 Å². The summed E-state index contributed by atoms with van der Waals surface area (Å²) in [6.45, 7) is 6.33. The third kappa shape index (κ3) is 2.78. The Balaban J connectivity index is 2.15. The zero-order valence-electron chi connectivity index (χ0n) is 13.2. The molecule has 0 radical (unpaired) electrons. The van der Waals surface area contributed by atoms with Crippen LogP contribution in [0.1, 0.15) is 30.2 Å². The summed E-state index contributed by atoms with van der Waals surface area (Å²) in [5.41, 5.74) is 5.75. The number of aromatic nitrogens is 2. The number of pyridine rings is 2. The van der Waals surface area contributed by atoms with E-state index in [0.717, 1.165) is 45.2 Å². The second kappa shape index (κ2) is 6.17. The van der Waals surface area contributed by atoms with Crippen molar-refractivity contribution in [3.05, 3.63) is 58.0 Å². The summed E-state index contributed by atoms with van der Waals surface area (Å²) in [5.74, 6) is 0. The largest absolute Gasteiger partial charge is 0.256 e. The number of fused-ring (bicyclic) bond motifs is 1. The van der Waals surface area contributed by atoms with Gasteiger partial charge >= 0.3 is 0 Å². The Morgan fingerprint density at radius 3 is 2.68 bits per heavy atom. The van der Waals surface area contributed by atoms with Gasteiger partial charge in [0.2, 0.25) is 0 Å². The van der Waals surface area contributed by atoms with Crippen LogP contribution in [0.25, 0.3) is 22.0 Å². The minimum atomic E-state index is 0.888. The number of nitrogens with zero attached hydrogens (tertiary/aromatic N) is 2. The first-order valence-electron chi connectivity index (χ1n) is 7.62. The first kappa shape index (κ1) is 15.2. The molecule has 0 spiro atoms. The van der Waals surface area contributed by atoms with Gasteiger partial charge < -0.3 is 0 Å². The third-order valence-electron chi connectivity index (χ3n) is 4.10. The summed E-state index contributed by atoms with van der Waals surface area (Å²) in [6.07, 6.45) is 4.22. The van der Waals surface area contributed by atoms with Crippen LogP contribution in [0.3, 0.4) is 0 Å². The van der Waals surface area contributed by atoms with E-state index >= 15 is 0 Å². The molecule has 2 heterocycles. The number of rotatable bonds is 3. The molecule has 1 aromatic carbocycles. The fourth-order valence-corrected chi connectivity index (χ4v) is 3.34. The first-order chi connectivity index (χ1) is 10.6. The molecule has 0 aliphatic carbocycles. The summed E-state index contributed by atoms with van der Waals surface area (Å²) in [5, 5.41) is 2.28. The number of aryl methyl sites for hydroxylation is 3. The Bertz CT molecular complexity index is 840. The zero-order valence-corrected chi connectivity index (χ0v) is 14.7. The Morgan fingerprint density at radius 2 is 1.91 bits per heavy atom.